The van der Waals surface area contributed by atoms with Crippen LogP contribution in [0.5, 0.6) is 5.75 Å². The van der Waals surface area contributed by atoms with Crippen molar-refractivity contribution in [1.82, 2.24) is 30.0 Å². The van der Waals surface area contributed by atoms with Gasteiger partial charge in [0.15, 0.2) is 0 Å². The Hall–Kier alpha value is -3.13. The summed E-state index contributed by atoms with van der Waals surface area (Å²) in [6, 6.07) is 16.9. The van der Waals surface area contributed by atoms with Crippen LogP contribution in [0.4, 0.5) is 0 Å². The molecule has 2 aromatic heterocycles. The minimum atomic E-state index is 0.211. The lowest BCUT2D eigenvalue weighted by molar-refractivity contribution is 0.475. The van der Waals surface area contributed by atoms with Crippen LogP contribution in [-0.2, 0) is 5.75 Å². The molecule has 0 aliphatic heterocycles. The van der Waals surface area contributed by atoms with Gasteiger partial charge in [-0.05, 0) is 58.5 Å². The molecule has 8 heteroatoms. The van der Waals surface area contributed by atoms with Gasteiger partial charge in [0, 0.05) is 18.1 Å². The highest BCUT2D eigenvalue weighted by Gasteiger charge is 2.09. The molecule has 25 heavy (non-hydrogen) atoms. The molecule has 1 N–H and O–H groups in total. The zero-order valence-corrected chi connectivity index (χ0v) is 13.9. The summed E-state index contributed by atoms with van der Waals surface area (Å²) in [7, 11) is 0. The van der Waals surface area contributed by atoms with E-state index in [0.29, 0.717) is 5.16 Å². The van der Waals surface area contributed by atoms with Crippen LogP contribution in [0.25, 0.3) is 11.4 Å². The van der Waals surface area contributed by atoms with Crippen molar-refractivity contribution in [2.45, 2.75) is 10.9 Å². The Labute approximate surface area is 147 Å². The molecule has 0 aliphatic rings. The van der Waals surface area contributed by atoms with Gasteiger partial charge in [0.05, 0.1) is 11.4 Å². The van der Waals surface area contributed by atoms with Gasteiger partial charge >= 0.3 is 0 Å². The molecule has 0 saturated carbocycles. The van der Waals surface area contributed by atoms with Crippen LogP contribution >= 0.6 is 11.8 Å². The Kier molecular flexibility index (Phi) is 4.17. The summed E-state index contributed by atoms with van der Waals surface area (Å²) in [6.45, 7) is 0. The standard InChI is InChI=1S/C17H14N6OS/c24-16-8-6-15(7-9-16)23-17(19-20-21-23)25-12-13-2-4-14(5-3-13)22-11-1-10-18-22/h1-11,24H,12H2. The van der Waals surface area contributed by atoms with Gasteiger partial charge < -0.3 is 5.11 Å². The predicted octanol–water partition coefficient (Wildman–Crippen LogP) is 2.85. The number of aromatic hydroxyl groups is 1. The Balaban J connectivity index is 1.47. The molecule has 0 bridgehead atoms. The van der Waals surface area contributed by atoms with E-state index < -0.39 is 0 Å². The zero-order valence-electron chi connectivity index (χ0n) is 13.1. The van der Waals surface area contributed by atoms with Crippen molar-refractivity contribution >= 4 is 11.8 Å². The largest absolute Gasteiger partial charge is 0.508 e. The lowest BCUT2D eigenvalue weighted by atomic mass is 10.2. The van der Waals surface area contributed by atoms with E-state index in [1.807, 2.05) is 29.1 Å². The minimum Gasteiger partial charge on any atom is -0.508 e. The number of phenols is 1. The summed E-state index contributed by atoms with van der Waals surface area (Å²) < 4.78 is 3.48. The van der Waals surface area contributed by atoms with Gasteiger partial charge in [-0.15, -0.1) is 5.10 Å². The van der Waals surface area contributed by atoms with Crippen LogP contribution in [0.1, 0.15) is 5.56 Å². The number of rotatable bonds is 5. The molecule has 124 valence electrons. The van der Waals surface area contributed by atoms with Crippen LogP contribution in [-0.4, -0.2) is 35.1 Å². The molecule has 0 saturated heterocycles. The van der Waals surface area contributed by atoms with E-state index in [9.17, 15) is 5.11 Å². The van der Waals surface area contributed by atoms with E-state index in [-0.39, 0.29) is 5.75 Å². The molecule has 2 heterocycles. The van der Waals surface area contributed by atoms with E-state index in [1.165, 1.54) is 5.56 Å². The van der Waals surface area contributed by atoms with Gasteiger partial charge in [-0.25, -0.2) is 4.68 Å². The number of aromatic nitrogens is 6. The fourth-order valence-corrected chi connectivity index (χ4v) is 3.19. The molecule has 4 aromatic rings. The van der Waals surface area contributed by atoms with Crippen LogP contribution < -0.4 is 0 Å². The molecule has 7 nitrogen and oxygen atoms in total. The molecule has 2 aromatic carbocycles. The van der Waals surface area contributed by atoms with Crippen molar-refractivity contribution in [3.8, 4) is 17.1 Å². The second kappa shape index (κ2) is 6.78. The topological polar surface area (TPSA) is 81.6 Å². The third-order valence-corrected chi connectivity index (χ3v) is 4.60. The van der Waals surface area contributed by atoms with Crippen molar-refractivity contribution in [3.63, 3.8) is 0 Å². The molecular weight excluding hydrogens is 336 g/mol. The van der Waals surface area contributed by atoms with Gasteiger partial charge in [0.25, 0.3) is 0 Å². The third kappa shape index (κ3) is 3.38. The lowest BCUT2D eigenvalue weighted by Gasteiger charge is -2.06. The third-order valence-electron chi connectivity index (χ3n) is 3.61. The number of tetrazole rings is 1. The molecule has 0 amide bonds. The van der Waals surface area contributed by atoms with Gasteiger partial charge in [0.2, 0.25) is 5.16 Å². The van der Waals surface area contributed by atoms with Crippen molar-refractivity contribution in [1.29, 1.82) is 0 Å². The summed E-state index contributed by atoms with van der Waals surface area (Å²) in [5, 5.41) is 26.2. The Bertz CT molecular complexity index is 948. The summed E-state index contributed by atoms with van der Waals surface area (Å²) in [6.07, 6.45) is 3.67. The summed E-state index contributed by atoms with van der Waals surface area (Å²) in [5.74, 6) is 0.959. The maximum atomic E-state index is 9.39. The number of phenolic OH excluding ortho intramolecular Hbond substituents is 1. The maximum Gasteiger partial charge on any atom is 0.214 e. The first-order valence-electron chi connectivity index (χ1n) is 7.59. The normalized spacial score (nSPS) is 10.9. The monoisotopic (exact) mass is 350 g/mol. The van der Waals surface area contributed by atoms with Crippen LogP contribution in [0.2, 0.25) is 0 Å². The molecular formula is C17H14N6OS. The van der Waals surface area contributed by atoms with Crippen LogP contribution in [0.3, 0.4) is 0 Å². The quantitative estimate of drug-likeness (QED) is 0.557. The first-order chi connectivity index (χ1) is 12.3. The molecule has 0 aliphatic carbocycles. The second-order valence-electron chi connectivity index (χ2n) is 5.30. The maximum absolute atomic E-state index is 9.39. The van der Waals surface area contributed by atoms with Gasteiger partial charge in [0.1, 0.15) is 5.75 Å². The van der Waals surface area contributed by atoms with E-state index in [0.717, 1.165) is 17.1 Å². The number of nitrogens with zero attached hydrogens (tertiary/aromatic N) is 6. The Morgan fingerprint density at radius 2 is 1.72 bits per heavy atom. The van der Waals surface area contributed by atoms with E-state index in [1.54, 1.807) is 46.9 Å². The highest BCUT2D eigenvalue weighted by atomic mass is 32.2. The van der Waals surface area contributed by atoms with Crippen molar-refractivity contribution < 1.29 is 5.11 Å². The Morgan fingerprint density at radius 3 is 2.44 bits per heavy atom. The summed E-state index contributed by atoms with van der Waals surface area (Å²) in [5.41, 5.74) is 2.99. The predicted molar refractivity (Wildman–Crippen MR) is 93.9 cm³/mol. The smallest absolute Gasteiger partial charge is 0.214 e. The highest BCUT2D eigenvalue weighted by Crippen LogP contribution is 2.23. The van der Waals surface area contributed by atoms with E-state index >= 15 is 0 Å². The first kappa shape index (κ1) is 15.4. The average Bonchev–Trinajstić information content (AvgIpc) is 3.33. The minimum absolute atomic E-state index is 0.211. The second-order valence-corrected chi connectivity index (χ2v) is 6.24. The lowest BCUT2D eigenvalue weighted by Crippen LogP contribution is -1.99. The van der Waals surface area contributed by atoms with Gasteiger partial charge in [-0.2, -0.15) is 9.78 Å². The molecule has 0 radical (unpaired) electrons. The molecule has 0 atom stereocenters. The van der Waals surface area contributed by atoms with E-state index in [4.69, 9.17) is 0 Å². The van der Waals surface area contributed by atoms with Gasteiger partial charge in [-0.1, -0.05) is 23.9 Å². The number of hydrogen-bond acceptors (Lipinski definition) is 6. The molecule has 0 fully saturated rings. The molecule has 0 unspecified atom stereocenters. The fraction of sp³-hybridized carbons (Fsp3) is 0.0588. The van der Waals surface area contributed by atoms with Crippen molar-refractivity contribution in [3.05, 3.63) is 72.6 Å². The summed E-state index contributed by atoms with van der Waals surface area (Å²) in [4.78, 5) is 0. The molecule has 4 rings (SSSR count). The highest BCUT2D eigenvalue weighted by molar-refractivity contribution is 7.98. The number of benzene rings is 2. The molecule has 0 spiro atoms. The van der Waals surface area contributed by atoms with Crippen LogP contribution in [0.15, 0.2) is 72.1 Å². The number of thioether (sulfide) groups is 1. The fourth-order valence-electron chi connectivity index (χ4n) is 2.34. The first-order valence-corrected chi connectivity index (χ1v) is 8.58. The summed E-state index contributed by atoms with van der Waals surface area (Å²) >= 11 is 1.55. The van der Waals surface area contributed by atoms with Crippen molar-refractivity contribution in [2.75, 3.05) is 0 Å². The Morgan fingerprint density at radius 1 is 0.960 bits per heavy atom. The van der Waals surface area contributed by atoms with Crippen LogP contribution in [0, 0.1) is 0 Å². The SMILES string of the molecule is Oc1ccc(-n2nnnc2SCc2ccc(-n3cccn3)cc2)cc1. The van der Waals surface area contributed by atoms with E-state index in [2.05, 4.69) is 32.8 Å². The van der Waals surface area contributed by atoms with Crippen molar-refractivity contribution in [2.24, 2.45) is 0 Å². The zero-order chi connectivity index (χ0) is 17.1. The average molecular weight is 350 g/mol. The van der Waals surface area contributed by atoms with Gasteiger partial charge in [-0.3, -0.25) is 0 Å². The number of hydrogen-bond donors (Lipinski definition) is 1.